The summed E-state index contributed by atoms with van der Waals surface area (Å²) in [6, 6.07) is 2.55. The first kappa shape index (κ1) is 10.5. The molecule has 3 nitrogen and oxygen atoms in total. The minimum atomic E-state index is 0.518. The van der Waals surface area contributed by atoms with Gasteiger partial charge in [0.15, 0.2) is 0 Å². The number of pyridine rings is 1. The summed E-state index contributed by atoms with van der Waals surface area (Å²) in [6.45, 7) is 4.71. The van der Waals surface area contributed by atoms with Crippen LogP contribution in [0.4, 0.5) is 0 Å². The molecule has 1 aliphatic carbocycles. The van der Waals surface area contributed by atoms with Crippen LogP contribution >= 0.6 is 0 Å². The van der Waals surface area contributed by atoms with Crippen LogP contribution in [0, 0.1) is 5.92 Å². The average molecular weight is 228 g/mol. The van der Waals surface area contributed by atoms with E-state index in [1.807, 2.05) is 12.3 Å². The SMILES string of the molecule is C=COc1cncc(C2=CCC[C@@H]3CN[C@H]23)c1. The van der Waals surface area contributed by atoms with E-state index in [9.17, 15) is 0 Å². The second-order valence-electron chi connectivity index (χ2n) is 4.58. The molecule has 0 aromatic carbocycles. The van der Waals surface area contributed by atoms with Crippen LogP contribution in [-0.2, 0) is 0 Å². The molecule has 3 heteroatoms. The van der Waals surface area contributed by atoms with Crippen molar-refractivity contribution in [3.05, 3.63) is 42.9 Å². The molecule has 0 amide bonds. The number of nitrogens with zero attached hydrogens (tertiary/aromatic N) is 1. The van der Waals surface area contributed by atoms with E-state index in [4.69, 9.17) is 4.74 Å². The number of hydrogen-bond acceptors (Lipinski definition) is 3. The Morgan fingerprint density at radius 3 is 3.18 bits per heavy atom. The van der Waals surface area contributed by atoms with Crippen molar-refractivity contribution >= 4 is 5.57 Å². The summed E-state index contributed by atoms with van der Waals surface area (Å²) in [5.74, 6) is 1.55. The Balaban J connectivity index is 1.90. The highest BCUT2D eigenvalue weighted by Crippen LogP contribution is 2.36. The number of ether oxygens (including phenoxy) is 1. The molecule has 0 radical (unpaired) electrons. The maximum Gasteiger partial charge on any atom is 0.145 e. The zero-order chi connectivity index (χ0) is 11.7. The Kier molecular flexibility index (Phi) is 2.69. The van der Waals surface area contributed by atoms with E-state index in [0.717, 1.165) is 23.8 Å². The molecule has 1 saturated heterocycles. The normalized spacial score (nSPS) is 26.5. The summed E-state index contributed by atoms with van der Waals surface area (Å²) < 4.78 is 5.27. The van der Waals surface area contributed by atoms with Crippen molar-refractivity contribution in [2.24, 2.45) is 5.92 Å². The van der Waals surface area contributed by atoms with E-state index in [0.29, 0.717) is 6.04 Å². The molecule has 0 bridgehead atoms. The molecule has 88 valence electrons. The lowest BCUT2D eigenvalue weighted by Gasteiger charge is -2.42. The topological polar surface area (TPSA) is 34.1 Å². The van der Waals surface area contributed by atoms with Gasteiger partial charge in [-0.25, -0.2) is 0 Å². The molecule has 2 heterocycles. The van der Waals surface area contributed by atoms with E-state index in [1.54, 1.807) is 6.20 Å². The van der Waals surface area contributed by atoms with Crippen molar-refractivity contribution in [2.75, 3.05) is 6.54 Å². The molecule has 1 aromatic heterocycles. The van der Waals surface area contributed by atoms with Gasteiger partial charge in [0, 0.05) is 24.3 Å². The van der Waals surface area contributed by atoms with Gasteiger partial charge in [0.25, 0.3) is 0 Å². The first-order chi connectivity index (χ1) is 8.38. The Bertz CT molecular complexity index is 467. The summed E-state index contributed by atoms with van der Waals surface area (Å²) in [6.07, 6.45) is 9.84. The molecule has 2 atom stereocenters. The molecule has 0 saturated carbocycles. The molecule has 0 unspecified atom stereocenters. The molecule has 17 heavy (non-hydrogen) atoms. The Labute approximate surface area is 101 Å². The van der Waals surface area contributed by atoms with Crippen molar-refractivity contribution in [3.63, 3.8) is 0 Å². The smallest absolute Gasteiger partial charge is 0.145 e. The van der Waals surface area contributed by atoms with Gasteiger partial charge in [-0.15, -0.1) is 0 Å². The second-order valence-corrected chi connectivity index (χ2v) is 4.58. The van der Waals surface area contributed by atoms with Crippen LogP contribution < -0.4 is 10.1 Å². The third-order valence-electron chi connectivity index (χ3n) is 3.57. The van der Waals surface area contributed by atoms with Gasteiger partial charge in [-0.3, -0.25) is 4.98 Å². The van der Waals surface area contributed by atoms with E-state index in [2.05, 4.69) is 23.0 Å². The summed E-state index contributed by atoms with van der Waals surface area (Å²) in [5, 5.41) is 3.49. The van der Waals surface area contributed by atoms with Gasteiger partial charge in [-0.1, -0.05) is 12.7 Å². The zero-order valence-electron chi connectivity index (χ0n) is 9.73. The fraction of sp³-hybridized carbons (Fsp3) is 0.357. The number of hydrogen-bond donors (Lipinski definition) is 1. The van der Waals surface area contributed by atoms with Crippen molar-refractivity contribution in [1.82, 2.24) is 10.3 Å². The van der Waals surface area contributed by atoms with E-state index < -0.39 is 0 Å². The largest absolute Gasteiger partial charge is 0.464 e. The highest BCUT2D eigenvalue weighted by Gasteiger charge is 2.35. The predicted octanol–water partition coefficient (Wildman–Crippen LogP) is 2.37. The van der Waals surface area contributed by atoms with Crippen LogP contribution in [0.25, 0.3) is 5.57 Å². The number of nitrogens with one attached hydrogen (secondary N) is 1. The van der Waals surface area contributed by atoms with Crippen molar-refractivity contribution in [2.45, 2.75) is 18.9 Å². The van der Waals surface area contributed by atoms with Gasteiger partial charge in [0.1, 0.15) is 5.75 Å². The van der Waals surface area contributed by atoms with Crippen LogP contribution in [0.1, 0.15) is 18.4 Å². The Morgan fingerprint density at radius 1 is 1.47 bits per heavy atom. The molecule has 2 aliphatic rings. The Hall–Kier alpha value is -1.61. The third kappa shape index (κ3) is 1.87. The molecule has 3 rings (SSSR count). The lowest BCUT2D eigenvalue weighted by Crippen LogP contribution is -2.54. The van der Waals surface area contributed by atoms with Crippen molar-refractivity contribution in [3.8, 4) is 5.75 Å². The Morgan fingerprint density at radius 2 is 2.41 bits per heavy atom. The number of fused-ring (bicyclic) bond motifs is 1. The second kappa shape index (κ2) is 4.34. The quantitative estimate of drug-likeness (QED) is 0.806. The molecule has 1 N–H and O–H groups in total. The monoisotopic (exact) mass is 228 g/mol. The predicted molar refractivity (Wildman–Crippen MR) is 67.6 cm³/mol. The van der Waals surface area contributed by atoms with Crippen LogP contribution in [0.5, 0.6) is 5.75 Å². The van der Waals surface area contributed by atoms with Gasteiger partial charge in [0.2, 0.25) is 0 Å². The zero-order valence-corrected chi connectivity index (χ0v) is 9.73. The van der Waals surface area contributed by atoms with Gasteiger partial charge in [-0.2, -0.15) is 0 Å². The number of aromatic nitrogens is 1. The van der Waals surface area contributed by atoms with Crippen LogP contribution in [0.3, 0.4) is 0 Å². The van der Waals surface area contributed by atoms with Gasteiger partial charge in [0.05, 0.1) is 12.5 Å². The fourth-order valence-corrected chi connectivity index (χ4v) is 2.65. The molecule has 0 spiro atoms. The molecule has 1 aromatic rings. The summed E-state index contributed by atoms with van der Waals surface area (Å²) in [5.41, 5.74) is 2.53. The summed E-state index contributed by atoms with van der Waals surface area (Å²) in [4.78, 5) is 4.22. The van der Waals surface area contributed by atoms with Crippen molar-refractivity contribution in [1.29, 1.82) is 0 Å². The first-order valence-corrected chi connectivity index (χ1v) is 6.05. The van der Waals surface area contributed by atoms with E-state index >= 15 is 0 Å². The van der Waals surface area contributed by atoms with Crippen LogP contribution in [-0.4, -0.2) is 17.6 Å². The highest BCUT2D eigenvalue weighted by atomic mass is 16.5. The number of rotatable bonds is 3. The molecular weight excluding hydrogens is 212 g/mol. The third-order valence-corrected chi connectivity index (χ3v) is 3.57. The van der Waals surface area contributed by atoms with Gasteiger partial charge >= 0.3 is 0 Å². The van der Waals surface area contributed by atoms with E-state index in [1.165, 1.54) is 24.7 Å². The first-order valence-electron chi connectivity index (χ1n) is 6.05. The van der Waals surface area contributed by atoms with Gasteiger partial charge < -0.3 is 10.1 Å². The van der Waals surface area contributed by atoms with Crippen LogP contribution in [0.2, 0.25) is 0 Å². The van der Waals surface area contributed by atoms with E-state index in [-0.39, 0.29) is 0 Å². The standard InChI is InChI=1S/C14H16N2O/c1-2-17-12-6-11(7-15-9-12)13-5-3-4-10-8-16-14(10)13/h2,5-7,9-10,14,16H,1,3-4,8H2/t10-,14+/m1/s1. The minimum absolute atomic E-state index is 0.518. The minimum Gasteiger partial charge on any atom is -0.464 e. The van der Waals surface area contributed by atoms with Crippen molar-refractivity contribution < 1.29 is 4.74 Å². The average Bonchev–Trinajstić information content (AvgIpc) is 2.31. The summed E-state index contributed by atoms with van der Waals surface area (Å²) >= 11 is 0. The summed E-state index contributed by atoms with van der Waals surface area (Å²) in [7, 11) is 0. The lowest BCUT2D eigenvalue weighted by atomic mass is 9.76. The molecular formula is C14H16N2O. The highest BCUT2D eigenvalue weighted by molar-refractivity contribution is 5.72. The maximum atomic E-state index is 5.27. The molecule has 1 fully saturated rings. The number of allylic oxidation sites excluding steroid dienone is 1. The lowest BCUT2D eigenvalue weighted by molar-refractivity contribution is 0.262. The molecule has 1 aliphatic heterocycles. The fourth-order valence-electron chi connectivity index (χ4n) is 2.65. The maximum absolute atomic E-state index is 5.27. The van der Waals surface area contributed by atoms with Gasteiger partial charge in [-0.05, 0) is 30.4 Å². The van der Waals surface area contributed by atoms with Crippen LogP contribution in [0.15, 0.2) is 37.4 Å².